The van der Waals surface area contributed by atoms with Crippen LogP contribution < -0.4 is 14.8 Å². The number of hydrogen-bond donors (Lipinski definition) is 5. The Labute approximate surface area is 219 Å². The second-order valence-electron chi connectivity index (χ2n) is 7.90. The minimum absolute atomic E-state index is 0.151. The number of Topliss-reactive ketones (excluding diaryl/α,β-unsaturated/α-hetero) is 1. The number of benzene rings is 2. The summed E-state index contributed by atoms with van der Waals surface area (Å²) in [6.45, 7) is -0.394. The highest BCUT2D eigenvalue weighted by molar-refractivity contribution is 6.38. The summed E-state index contributed by atoms with van der Waals surface area (Å²) in [5, 5.41) is 39.3. The van der Waals surface area contributed by atoms with Crippen LogP contribution in [-0.2, 0) is 9.59 Å². The number of rotatable bonds is 16. The third kappa shape index (κ3) is 8.92. The molecule has 198 valence electrons. The van der Waals surface area contributed by atoms with Gasteiger partial charge >= 0.3 is 0 Å². The van der Waals surface area contributed by atoms with Crippen molar-refractivity contribution in [1.29, 1.82) is 0 Å². The Hall–Kier alpha value is -2.40. The third-order valence-corrected chi connectivity index (χ3v) is 5.97. The van der Waals surface area contributed by atoms with Gasteiger partial charge in [0.25, 0.3) is 5.91 Å². The zero-order valence-electron chi connectivity index (χ0n) is 19.7. The number of ketones is 1. The summed E-state index contributed by atoms with van der Waals surface area (Å²) < 4.78 is 11.5. The molecule has 2 aromatic rings. The maximum Gasteiger partial charge on any atom is 0.251 e. The fraction of sp³-hybridized carbons (Fsp3) is 0.440. The Morgan fingerprint density at radius 2 is 1.33 bits per heavy atom. The van der Waals surface area contributed by atoms with Crippen LogP contribution in [0.3, 0.4) is 0 Å². The van der Waals surface area contributed by atoms with Crippen molar-refractivity contribution in [3.05, 3.63) is 46.4 Å². The molecule has 5 N–H and O–H groups in total. The van der Waals surface area contributed by atoms with Gasteiger partial charge in [-0.3, -0.25) is 9.59 Å². The van der Waals surface area contributed by atoms with Gasteiger partial charge in [-0.25, -0.2) is 0 Å². The molecule has 36 heavy (non-hydrogen) atoms. The van der Waals surface area contributed by atoms with Crippen molar-refractivity contribution in [2.24, 2.45) is 0 Å². The van der Waals surface area contributed by atoms with Crippen molar-refractivity contribution < 1.29 is 39.5 Å². The second-order valence-corrected chi connectivity index (χ2v) is 8.65. The summed E-state index contributed by atoms with van der Waals surface area (Å²) in [4.78, 5) is 23.0. The molecule has 0 saturated heterocycles. The van der Waals surface area contributed by atoms with Crippen molar-refractivity contribution in [2.45, 2.75) is 37.9 Å². The van der Waals surface area contributed by atoms with Crippen LogP contribution in [0.1, 0.15) is 25.7 Å². The molecule has 0 aliphatic heterocycles. The Balaban J connectivity index is 1.93. The summed E-state index contributed by atoms with van der Waals surface area (Å²) in [5.41, 5.74) is 1.30. The van der Waals surface area contributed by atoms with E-state index in [0.29, 0.717) is 58.5 Å². The van der Waals surface area contributed by atoms with E-state index in [2.05, 4.69) is 5.32 Å². The molecular weight excluding hydrogens is 513 g/mol. The van der Waals surface area contributed by atoms with Gasteiger partial charge in [0.05, 0.1) is 36.5 Å². The molecule has 2 atom stereocenters. The zero-order valence-corrected chi connectivity index (χ0v) is 21.2. The number of amides is 1. The van der Waals surface area contributed by atoms with Crippen molar-refractivity contribution in [1.82, 2.24) is 5.32 Å². The molecule has 2 unspecified atom stereocenters. The first kappa shape index (κ1) is 29.8. The van der Waals surface area contributed by atoms with Crippen LogP contribution in [0.2, 0.25) is 10.0 Å². The monoisotopic (exact) mass is 543 g/mol. The lowest BCUT2D eigenvalue weighted by molar-refractivity contribution is -0.131. The predicted molar refractivity (Wildman–Crippen MR) is 136 cm³/mol. The molecule has 0 aromatic heterocycles. The van der Waals surface area contributed by atoms with Gasteiger partial charge in [-0.05, 0) is 31.4 Å². The van der Waals surface area contributed by atoms with E-state index in [4.69, 9.17) is 42.9 Å². The van der Waals surface area contributed by atoms with Gasteiger partial charge < -0.3 is 35.2 Å². The van der Waals surface area contributed by atoms with Crippen LogP contribution >= 0.6 is 23.2 Å². The summed E-state index contributed by atoms with van der Waals surface area (Å²) >= 11 is 13.2. The average molecular weight is 544 g/mol. The van der Waals surface area contributed by atoms with Gasteiger partial charge in [-0.1, -0.05) is 47.5 Å². The highest BCUT2D eigenvalue weighted by Crippen LogP contribution is 2.41. The minimum Gasteiger partial charge on any atom is -0.492 e. The highest BCUT2D eigenvalue weighted by atomic mass is 35.5. The van der Waals surface area contributed by atoms with Crippen molar-refractivity contribution in [3.63, 3.8) is 0 Å². The van der Waals surface area contributed by atoms with Crippen LogP contribution in [0.15, 0.2) is 36.4 Å². The number of unbranched alkanes of at least 4 members (excludes halogenated alkanes) is 1. The molecule has 2 rings (SSSR count). The van der Waals surface area contributed by atoms with E-state index < -0.39 is 37.1 Å². The van der Waals surface area contributed by atoms with Crippen LogP contribution in [-0.4, -0.2) is 77.3 Å². The average Bonchev–Trinajstić information content (AvgIpc) is 2.88. The smallest absolute Gasteiger partial charge is 0.251 e. The molecule has 0 heterocycles. The lowest BCUT2D eigenvalue weighted by Crippen LogP contribution is -2.37. The quantitative estimate of drug-likeness (QED) is 0.203. The summed E-state index contributed by atoms with van der Waals surface area (Å²) in [7, 11) is 0. The van der Waals surface area contributed by atoms with E-state index in [0.717, 1.165) is 0 Å². The van der Waals surface area contributed by atoms with E-state index in [9.17, 15) is 19.8 Å². The second kappa shape index (κ2) is 15.7. The largest absolute Gasteiger partial charge is 0.492 e. The Morgan fingerprint density at radius 3 is 1.86 bits per heavy atom. The molecule has 0 bridgehead atoms. The topological polar surface area (TPSA) is 146 Å². The minimum atomic E-state index is -1.45. The van der Waals surface area contributed by atoms with E-state index in [1.54, 1.807) is 36.4 Å². The first-order valence-corrected chi connectivity index (χ1v) is 12.3. The molecule has 0 saturated carbocycles. The van der Waals surface area contributed by atoms with Crippen LogP contribution in [0.4, 0.5) is 0 Å². The first-order valence-electron chi connectivity index (χ1n) is 11.5. The Bertz CT molecular complexity index is 925. The molecular formula is C25H31Cl2NO8. The first-order chi connectivity index (χ1) is 17.3. The molecule has 1 amide bonds. The van der Waals surface area contributed by atoms with E-state index >= 15 is 0 Å². The highest BCUT2D eigenvalue weighted by Gasteiger charge is 2.16. The Kier molecular flexibility index (Phi) is 13.0. The van der Waals surface area contributed by atoms with E-state index in [-0.39, 0.29) is 19.6 Å². The zero-order chi connectivity index (χ0) is 26.5. The lowest BCUT2D eigenvalue weighted by Gasteiger charge is -2.15. The van der Waals surface area contributed by atoms with Gasteiger partial charge in [0.1, 0.15) is 17.6 Å². The number of carbonyl (C=O) groups is 2. The van der Waals surface area contributed by atoms with Gasteiger partial charge in [0.2, 0.25) is 0 Å². The molecule has 0 fully saturated rings. The van der Waals surface area contributed by atoms with Crippen LogP contribution in [0, 0.1) is 0 Å². The van der Waals surface area contributed by atoms with Gasteiger partial charge in [0.15, 0.2) is 11.9 Å². The number of hydrogen-bond acceptors (Lipinski definition) is 8. The van der Waals surface area contributed by atoms with Gasteiger partial charge in [0, 0.05) is 24.1 Å². The third-order valence-electron chi connectivity index (χ3n) is 5.19. The maximum absolute atomic E-state index is 11.6. The summed E-state index contributed by atoms with van der Waals surface area (Å²) in [5.74, 6) is -0.158. The molecule has 0 radical (unpaired) electrons. The van der Waals surface area contributed by atoms with E-state index in [1.807, 2.05) is 0 Å². The number of aliphatic hydroxyl groups is 4. The molecule has 0 aliphatic carbocycles. The predicted octanol–water partition coefficient (Wildman–Crippen LogP) is 2.37. The van der Waals surface area contributed by atoms with Crippen molar-refractivity contribution >= 4 is 34.9 Å². The fourth-order valence-corrected chi connectivity index (χ4v) is 3.74. The van der Waals surface area contributed by atoms with Crippen molar-refractivity contribution in [2.75, 3.05) is 33.0 Å². The maximum atomic E-state index is 11.6. The van der Waals surface area contributed by atoms with Gasteiger partial charge in [-0.2, -0.15) is 0 Å². The molecule has 0 spiro atoms. The lowest BCUT2D eigenvalue weighted by atomic mass is 10.0. The molecule has 11 heteroatoms. The standard InChI is InChI=1S/C25H31Cl2NO8/c26-23-16(6-3-9-21(23)35-12-2-1-8-18(31)19(32)14-29)17-7-4-10-22(24(17)27)36-13-5-11-28-25(34)20(33)15-30/h3-4,6-7,9-10,19-20,29-30,32-33H,1-2,5,8,11-15H2,(H,28,34). The fourth-order valence-electron chi connectivity index (χ4n) is 3.18. The van der Waals surface area contributed by atoms with Crippen LogP contribution in [0.25, 0.3) is 11.1 Å². The molecule has 9 nitrogen and oxygen atoms in total. The summed E-state index contributed by atoms with van der Waals surface area (Å²) in [6, 6.07) is 10.6. The summed E-state index contributed by atoms with van der Waals surface area (Å²) in [6.07, 6.45) is -1.11. The number of halogens is 2. The van der Waals surface area contributed by atoms with Crippen molar-refractivity contribution in [3.8, 4) is 22.6 Å². The number of carbonyl (C=O) groups excluding carboxylic acids is 2. The number of nitrogens with one attached hydrogen (secondary N) is 1. The normalized spacial score (nSPS) is 12.6. The van der Waals surface area contributed by atoms with E-state index in [1.165, 1.54) is 0 Å². The van der Waals surface area contributed by atoms with Crippen LogP contribution in [0.5, 0.6) is 11.5 Å². The number of aliphatic hydroxyl groups excluding tert-OH is 4. The SMILES string of the molecule is O=C(CCCCOc1cccc(-c2cccc(OCCCNC(=O)C(O)CO)c2Cl)c1Cl)C(O)CO. The Morgan fingerprint density at radius 1 is 0.806 bits per heavy atom. The van der Waals surface area contributed by atoms with Gasteiger partial charge in [-0.15, -0.1) is 0 Å². The molecule has 0 aliphatic rings. The molecule has 2 aromatic carbocycles. The number of ether oxygens (including phenoxy) is 2.